The van der Waals surface area contributed by atoms with Crippen LogP contribution >= 0.6 is 23.5 Å². The van der Waals surface area contributed by atoms with Gasteiger partial charge in [0.15, 0.2) is 0 Å². The fraction of sp³-hybridized carbons (Fsp3) is 0.600. The summed E-state index contributed by atoms with van der Waals surface area (Å²) in [6.45, 7) is -1.04. The van der Waals surface area contributed by atoms with Crippen molar-refractivity contribution in [2.24, 2.45) is 7.05 Å². The van der Waals surface area contributed by atoms with E-state index in [1.807, 2.05) is 4.98 Å². The number of aryl methyl sites for hydroxylation is 1. The van der Waals surface area contributed by atoms with E-state index in [2.05, 4.69) is 13.1 Å². The number of aromatic amines is 1. The molecule has 32 heavy (non-hydrogen) atoms. The third kappa shape index (κ3) is 9.21. The SMILES string of the molecule is Cn1cc([C@@H]2O[C@H](COP(=O)(O)OP(=O)(O)OP(=O)(O)O)[C@@H](O)[C@H]2O)c(=O)[nH]c1=O.[Na].[Na]. The molecule has 1 aromatic heterocycles. The van der Waals surface area contributed by atoms with Gasteiger partial charge in [-0.3, -0.25) is 14.3 Å². The average molecular weight is 544 g/mol. The van der Waals surface area contributed by atoms with Crippen molar-refractivity contribution in [2.75, 3.05) is 6.61 Å². The van der Waals surface area contributed by atoms with Crippen LogP contribution in [0.2, 0.25) is 0 Å². The van der Waals surface area contributed by atoms with Crippen molar-refractivity contribution in [1.82, 2.24) is 9.55 Å². The molecule has 174 valence electrons. The number of ether oxygens (including phenoxy) is 1. The van der Waals surface area contributed by atoms with Gasteiger partial charge < -0.3 is 39.1 Å². The van der Waals surface area contributed by atoms with Crippen LogP contribution in [0.4, 0.5) is 0 Å². The molecule has 17 nitrogen and oxygen atoms in total. The van der Waals surface area contributed by atoms with Gasteiger partial charge >= 0.3 is 29.2 Å². The summed E-state index contributed by atoms with van der Waals surface area (Å²) in [5, 5.41) is 20.1. The monoisotopic (exact) mass is 544 g/mol. The van der Waals surface area contributed by atoms with Gasteiger partial charge in [0, 0.05) is 72.4 Å². The Morgan fingerprint density at radius 3 is 2.12 bits per heavy atom. The standard InChI is InChI=1S/C10H17N2O15P3.2Na/c1-12-2-4(9(15)11-10(12)16)8-7(14)6(13)5(25-8)3-24-29(20,21)27-30(22,23)26-28(17,18)19;;/h2,5-8,13-14H,3H2,1H3,(H,20,21)(H,22,23)(H,11,15,16)(H2,17,18,19);;/t5-,6-,7-,8+;;/m1../s1. The topological polar surface area (TPSA) is 264 Å². The van der Waals surface area contributed by atoms with Gasteiger partial charge in [-0.15, -0.1) is 0 Å². The Bertz CT molecular complexity index is 1050. The van der Waals surface area contributed by atoms with Gasteiger partial charge in [0.25, 0.3) is 5.56 Å². The van der Waals surface area contributed by atoms with E-state index in [-0.39, 0.29) is 64.7 Å². The molecule has 0 bridgehead atoms. The third-order valence-corrected chi connectivity index (χ3v) is 7.43. The fourth-order valence-corrected chi connectivity index (χ4v) is 5.43. The summed E-state index contributed by atoms with van der Waals surface area (Å²) in [7, 11) is -15.5. The molecule has 1 saturated heterocycles. The summed E-state index contributed by atoms with van der Waals surface area (Å²) < 4.78 is 51.1. The molecule has 1 aliphatic rings. The number of H-pyrrole nitrogens is 1. The van der Waals surface area contributed by atoms with Crippen LogP contribution in [0.3, 0.4) is 0 Å². The second kappa shape index (κ2) is 12.3. The maximum Gasteiger partial charge on any atom is 0.490 e. The maximum absolute atomic E-state index is 11.9. The Hall–Kier alpha value is 0.970. The van der Waals surface area contributed by atoms with Crippen molar-refractivity contribution >= 4 is 82.6 Å². The summed E-state index contributed by atoms with van der Waals surface area (Å²) in [6, 6.07) is 0. The normalized spacial score (nSPS) is 27.0. The van der Waals surface area contributed by atoms with E-state index >= 15 is 0 Å². The van der Waals surface area contributed by atoms with Crippen LogP contribution in [0.15, 0.2) is 15.8 Å². The Balaban J connectivity index is 0.00000480. The third-order valence-electron chi connectivity index (χ3n) is 3.62. The van der Waals surface area contributed by atoms with E-state index in [4.69, 9.17) is 19.4 Å². The molecule has 0 saturated carbocycles. The van der Waals surface area contributed by atoms with E-state index in [1.165, 1.54) is 7.05 Å². The summed E-state index contributed by atoms with van der Waals surface area (Å²) in [4.78, 5) is 60.6. The largest absolute Gasteiger partial charge is 0.490 e. The minimum Gasteiger partial charge on any atom is -0.387 e. The summed E-state index contributed by atoms with van der Waals surface area (Å²) in [5.41, 5.74) is -1.95. The molecule has 0 aromatic carbocycles. The Morgan fingerprint density at radius 2 is 1.59 bits per heavy atom. The number of nitrogens with zero attached hydrogens (tertiary/aromatic N) is 1. The molecule has 0 spiro atoms. The van der Waals surface area contributed by atoms with Gasteiger partial charge in [-0.25, -0.2) is 18.5 Å². The first-order valence-corrected chi connectivity index (χ1v) is 12.1. The van der Waals surface area contributed by atoms with E-state index in [9.17, 15) is 38.4 Å². The number of aliphatic hydroxyl groups is 2. The second-order valence-electron chi connectivity index (χ2n) is 5.92. The molecule has 2 heterocycles. The molecule has 2 unspecified atom stereocenters. The van der Waals surface area contributed by atoms with E-state index in [0.717, 1.165) is 10.8 Å². The van der Waals surface area contributed by atoms with Crippen LogP contribution in [0.5, 0.6) is 0 Å². The van der Waals surface area contributed by atoms with Gasteiger partial charge in [0.1, 0.15) is 24.4 Å². The number of aliphatic hydroxyl groups excluding tert-OH is 2. The molecule has 1 aliphatic heterocycles. The molecule has 1 fully saturated rings. The van der Waals surface area contributed by atoms with Gasteiger partial charge in [0.05, 0.1) is 12.2 Å². The molecule has 1 aromatic rings. The minimum atomic E-state index is -5.73. The first kappa shape index (κ1) is 33.0. The summed E-state index contributed by atoms with van der Waals surface area (Å²) >= 11 is 0. The number of hydrogen-bond donors (Lipinski definition) is 7. The first-order valence-electron chi connectivity index (χ1n) is 7.61. The first-order chi connectivity index (χ1) is 13.5. The molecule has 22 heteroatoms. The second-order valence-corrected chi connectivity index (χ2v) is 10.3. The van der Waals surface area contributed by atoms with Crippen molar-refractivity contribution in [1.29, 1.82) is 0 Å². The quantitative estimate of drug-likeness (QED) is 0.126. The number of rotatable bonds is 8. The molecule has 6 atom stereocenters. The molecule has 7 N–H and O–H groups in total. The maximum atomic E-state index is 11.9. The number of phosphoric ester groups is 1. The number of phosphoric acid groups is 3. The molecule has 2 radical (unpaired) electrons. The van der Waals surface area contributed by atoms with Crippen molar-refractivity contribution < 1.29 is 61.4 Å². The zero-order valence-corrected chi connectivity index (χ0v) is 23.4. The smallest absolute Gasteiger partial charge is 0.387 e. The van der Waals surface area contributed by atoms with E-state index < -0.39 is 65.7 Å². The van der Waals surface area contributed by atoms with Crippen molar-refractivity contribution in [3.8, 4) is 0 Å². The summed E-state index contributed by atoms with van der Waals surface area (Å²) in [6.07, 6.45) is -5.53. The van der Waals surface area contributed by atoms with Gasteiger partial charge in [-0.1, -0.05) is 0 Å². The van der Waals surface area contributed by atoms with Crippen LogP contribution in [0.25, 0.3) is 0 Å². The fourth-order valence-electron chi connectivity index (χ4n) is 2.40. The molecular weight excluding hydrogens is 527 g/mol. The predicted molar refractivity (Wildman–Crippen MR) is 103 cm³/mol. The van der Waals surface area contributed by atoms with E-state index in [1.54, 1.807) is 0 Å². The molecule has 0 aliphatic carbocycles. The van der Waals surface area contributed by atoms with Crippen LogP contribution in [0.1, 0.15) is 11.7 Å². The van der Waals surface area contributed by atoms with Gasteiger partial charge in [-0.05, 0) is 0 Å². The Kier molecular flexibility index (Phi) is 12.7. The zero-order chi connectivity index (χ0) is 23.1. The number of nitrogens with one attached hydrogen (secondary N) is 1. The van der Waals surface area contributed by atoms with Crippen LogP contribution in [-0.2, 0) is 38.6 Å². The van der Waals surface area contributed by atoms with Crippen molar-refractivity contribution in [3.63, 3.8) is 0 Å². The van der Waals surface area contributed by atoms with Crippen LogP contribution in [0, 0.1) is 0 Å². The number of aromatic nitrogens is 2. The molecular formula is C10H17N2Na2O15P3. The van der Waals surface area contributed by atoms with E-state index in [0.29, 0.717) is 0 Å². The molecule has 2 rings (SSSR count). The van der Waals surface area contributed by atoms with Crippen LogP contribution in [-0.4, -0.2) is 123 Å². The Morgan fingerprint density at radius 1 is 1.03 bits per heavy atom. The van der Waals surface area contributed by atoms with Crippen LogP contribution < -0.4 is 11.2 Å². The molecule has 0 amide bonds. The van der Waals surface area contributed by atoms with Crippen molar-refractivity contribution in [2.45, 2.75) is 24.4 Å². The minimum absolute atomic E-state index is 0. The summed E-state index contributed by atoms with van der Waals surface area (Å²) in [5.74, 6) is 0. The Labute approximate surface area is 222 Å². The average Bonchev–Trinajstić information content (AvgIpc) is 2.81. The predicted octanol–water partition coefficient (Wildman–Crippen LogP) is -3.18. The number of hydrogen-bond acceptors (Lipinski definition) is 11. The van der Waals surface area contributed by atoms with Gasteiger partial charge in [0.2, 0.25) is 0 Å². The zero-order valence-electron chi connectivity index (χ0n) is 16.7. The van der Waals surface area contributed by atoms with Gasteiger partial charge in [-0.2, -0.15) is 8.62 Å². The van der Waals surface area contributed by atoms with Crippen molar-refractivity contribution in [3.05, 3.63) is 32.6 Å².